The maximum absolute atomic E-state index is 11.4. The van der Waals surface area contributed by atoms with Crippen LogP contribution in [0.1, 0.15) is 32.1 Å². The molecule has 1 heterocycles. The average Bonchev–Trinajstić information content (AvgIpc) is 2.17. The molecule has 0 aromatic carbocycles. The molecule has 2 atom stereocenters. The van der Waals surface area contributed by atoms with Crippen LogP contribution in [0.2, 0.25) is 0 Å². The molecule has 0 bridgehead atoms. The summed E-state index contributed by atoms with van der Waals surface area (Å²) in [5.41, 5.74) is -0.411. The van der Waals surface area contributed by atoms with Crippen LogP contribution in [-0.2, 0) is 4.79 Å². The second-order valence-corrected chi connectivity index (χ2v) is 4.93. The lowest BCUT2D eigenvalue weighted by molar-refractivity contribution is -0.160. The van der Waals surface area contributed by atoms with Crippen molar-refractivity contribution < 1.29 is 9.90 Å². The summed E-state index contributed by atoms with van der Waals surface area (Å²) in [6.07, 6.45) is 5.40. The highest BCUT2D eigenvalue weighted by Gasteiger charge is 2.49. The highest BCUT2D eigenvalue weighted by Crippen LogP contribution is 2.46. The molecule has 1 aliphatic heterocycles. The van der Waals surface area contributed by atoms with Crippen molar-refractivity contribution in [1.29, 1.82) is 0 Å². The lowest BCUT2D eigenvalue weighted by atomic mass is 9.63. The van der Waals surface area contributed by atoms with Crippen LogP contribution in [0.25, 0.3) is 0 Å². The fourth-order valence-corrected chi connectivity index (χ4v) is 3.23. The highest BCUT2D eigenvalue weighted by atomic mass is 16.4. The molecule has 2 rings (SSSR count). The summed E-state index contributed by atoms with van der Waals surface area (Å²) in [6, 6.07) is 0. The Labute approximate surface area is 85.1 Å². The minimum atomic E-state index is -0.561. The van der Waals surface area contributed by atoms with Crippen molar-refractivity contribution >= 4 is 5.97 Å². The zero-order valence-corrected chi connectivity index (χ0v) is 8.83. The number of piperidine rings is 1. The molecule has 0 aromatic rings. The van der Waals surface area contributed by atoms with Gasteiger partial charge in [-0.15, -0.1) is 0 Å². The minimum absolute atomic E-state index is 0.411. The Morgan fingerprint density at radius 2 is 2.21 bits per heavy atom. The fraction of sp³-hybridized carbons (Fsp3) is 0.909. The van der Waals surface area contributed by atoms with Crippen LogP contribution in [0.15, 0.2) is 0 Å². The van der Waals surface area contributed by atoms with Gasteiger partial charge in [0.2, 0.25) is 0 Å². The summed E-state index contributed by atoms with van der Waals surface area (Å²) < 4.78 is 0. The van der Waals surface area contributed by atoms with Gasteiger partial charge in [0.25, 0.3) is 0 Å². The molecule has 2 aliphatic rings. The molecule has 1 saturated carbocycles. The molecule has 3 nitrogen and oxygen atoms in total. The predicted molar refractivity (Wildman–Crippen MR) is 54.1 cm³/mol. The van der Waals surface area contributed by atoms with E-state index in [-0.39, 0.29) is 0 Å². The average molecular weight is 197 g/mol. The quantitative estimate of drug-likeness (QED) is 0.694. The number of carboxylic acid groups (broad SMARTS) is 1. The van der Waals surface area contributed by atoms with Crippen molar-refractivity contribution in [3.8, 4) is 0 Å². The van der Waals surface area contributed by atoms with E-state index in [0.29, 0.717) is 5.92 Å². The third-order valence-corrected chi connectivity index (χ3v) is 4.04. The minimum Gasteiger partial charge on any atom is -0.481 e. The molecule has 14 heavy (non-hydrogen) atoms. The molecule has 0 aromatic heterocycles. The van der Waals surface area contributed by atoms with E-state index in [0.717, 1.165) is 38.8 Å². The Balaban J connectivity index is 2.23. The Bertz CT molecular complexity index is 241. The van der Waals surface area contributed by atoms with Crippen LogP contribution >= 0.6 is 0 Å². The van der Waals surface area contributed by atoms with E-state index >= 15 is 0 Å². The van der Waals surface area contributed by atoms with Crippen molar-refractivity contribution in [2.45, 2.75) is 32.1 Å². The Kier molecular flexibility index (Phi) is 2.52. The summed E-state index contributed by atoms with van der Waals surface area (Å²) in [5, 5.41) is 9.42. The maximum atomic E-state index is 11.4. The van der Waals surface area contributed by atoms with E-state index in [1.807, 2.05) is 7.05 Å². The van der Waals surface area contributed by atoms with Gasteiger partial charge in [-0.05, 0) is 38.8 Å². The zero-order valence-electron chi connectivity index (χ0n) is 8.83. The summed E-state index contributed by atoms with van der Waals surface area (Å²) in [4.78, 5) is 13.6. The first-order valence-electron chi connectivity index (χ1n) is 5.57. The molecule has 3 heteroatoms. The number of aliphatic carboxylic acids is 1. The molecule has 2 unspecified atom stereocenters. The molecule has 1 saturated heterocycles. The Hall–Kier alpha value is -0.570. The lowest BCUT2D eigenvalue weighted by Crippen LogP contribution is -2.53. The van der Waals surface area contributed by atoms with E-state index in [9.17, 15) is 9.90 Å². The number of carbonyl (C=O) groups is 1. The number of hydrogen-bond acceptors (Lipinski definition) is 2. The molecule has 0 radical (unpaired) electrons. The normalized spacial score (nSPS) is 39.1. The molecule has 0 amide bonds. The van der Waals surface area contributed by atoms with Gasteiger partial charge in [0, 0.05) is 6.54 Å². The maximum Gasteiger partial charge on any atom is 0.311 e. The van der Waals surface area contributed by atoms with Gasteiger partial charge < -0.3 is 10.0 Å². The van der Waals surface area contributed by atoms with Gasteiger partial charge in [-0.25, -0.2) is 0 Å². The van der Waals surface area contributed by atoms with E-state index in [2.05, 4.69) is 4.90 Å². The largest absolute Gasteiger partial charge is 0.481 e. The zero-order chi connectivity index (χ0) is 10.2. The van der Waals surface area contributed by atoms with Gasteiger partial charge in [-0.3, -0.25) is 4.79 Å². The van der Waals surface area contributed by atoms with Crippen molar-refractivity contribution in [2.24, 2.45) is 11.3 Å². The van der Waals surface area contributed by atoms with E-state index in [1.165, 1.54) is 6.42 Å². The molecular formula is C11H19NO2. The van der Waals surface area contributed by atoms with Gasteiger partial charge in [0.15, 0.2) is 0 Å². The Morgan fingerprint density at radius 3 is 2.93 bits per heavy atom. The molecule has 2 fully saturated rings. The van der Waals surface area contributed by atoms with Crippen molar-refractivity contribution in [3.63, 3.8) is 0 Å². The standard InChI is InChI=1S/C11H19NO2/c1-12-7-5-9-4-2-3-6-11(9,8-12)10(13)14/h9H,2-8H2,1H3,(H,13,14). The molecule has 0 spiro atoms. The molecule has 1 N–H and O–H groups in total. The van der Waals surface area contributed by atoms with Crippen LogP contribution in [0, 0.1) is 11.3 Å². The van der Waals surface area contributed by atoms with Crippen LogP contribution in [0.3, 0.4) is 0 Å². The first-order valence-corrected chi connectivity index (χ1v) is 5.57. The molecule has 80 valence electrons. The number of likely N-dealkylation sites (tertiary alicyclic amines) is 1. The van der Waals surface area contributed by atoms with Crippen LogP contribution < -0.4 is 0 Å². The van der Waals surface area contributed by atoms with Gasteiger partial charge in [0.1, 0.15) is 0 Å². The van der Waals surface area contributed by atoms with Gasteiger partial charge in [-0.1, -0.05) is 12.8 Å². The number of fused-ring (bicyclic) bond motifs is 1. The number of nitrogens with zero attached hydrogens (tertiary/aromatic N) is 1. The van der Waals surface area contributed by atoms with Gasteiger partial charge in [-0.2, -0.15) is 0 Å². The molecule has 1 aliphatic carbocycles. The summed E-state index contributed by atoms with van der Waals surface area (Å²) in [5.74, 6) is -0.126. The summed E-state index contributed by atoms with van der Waals surface area (Å²) in [7, 11) is 2.04. The predicted octanol–water partition coefficient (Wildman–Crippen LogP) is 1.58. The number of hydrogen-bond donors (Lipinski definition) is 1. The second kappa shape index (κ2) is 3.54. The third kappa shape index (κ3) is 1.44. The van der Waals surface area contributed by atoms with Crippen LogP contribution in [-0.4, -0.2) is 36.1 Å². The topological polar surface area (TPSA) is 40.5 Å². The van der Waals surface area contributed by atoms with Crippen molar-refractivity contribution in [2.75, 3.05) is 20.1 Å². The summed E-state index contributed by atoms with van der Waals surface area (Å²) in [6.45, 7) is 1.83. The van der Waals surface area contributed by atoms with Gasteiger partial charge >= 0.3 is 5.97 Å². The second-order valence-electron chi connectivity index (χ2n) is 4.93. The monoisotopic (exact) mass is 197 g/mol. The first-order chi connectivity index (χ1) is 6.65. The van der Waals surface area contributed by atoms with E-state index in [4.69, 9.17) is 0 Å². The first kappa shape index (κ1) is 9.97. The molecular weight excluding hydrogens is 178 g/mol. The van der Waals surface area contributed by atoms with E-state index < -0.39 is 11.4 Å². The third-order valence-electron chi connectivity index (χ3n) is 4.04. The van der Waals surface area contributed by atoms with Crippen LogP contribution in [0.4, 0.5) is 0 Å². The highest BCUT2D eigenvalue weighted by molar-refractivity contribution is 5.75. The lowest BCUT2D eigenvalue weighted by Gasteiger charge is -2.47. The smallest absolute Gasteiger partial charge is 0.311 e. The van der Waals surface area contributed by atoms with Crippen molar-refractivity contribution in [3.05, 3.63) is 0 Å². The number of carboxylic acids is 1. The Morgan fingerprint density at radius 1 is 1.43 bits per heavy atom. The summed E-state index contributed by atoms with van der Waals surface area (Å²) >= 11 is 0. The fourth-order valence-electron chi connectivity index (χ4n) is 3.23. The van der Waals surface area contributed by atoms with Crippen LogP contribution in [0.5, 0.6) is 0 Å². The number of rotatable bonds is 1. The van der Waals surface area contributed by atoms with E-state index in [1.54, 1.807) is 0 Å². The SMILES string of the molecule is CN1CCC2CCCCC2(C(=O)O)C1. The van der Waals surface area contributed by atoms with Crippen molar-refractivity contribution in [1.82, 2.24) is 4.90 Å². The van der Waals surface area contributed by atoms with Gasteiger partial charge in [0.05, 0.1) is 5.41 Å².